The van der Waals surface area contributed by atoms with Crippen molar-refractivity contribution in [3.8, 4) is 0 Å². The summed E-state index contributed by atoms with van der Waals surface area (Å²) in [4.78, 5) is 23.6. The van der Waals surface area contributed by atoms with Crippen molar-refractivity contribution in [3.63, 3.8) is 0 Å². The quantitative estimate of drug-likeness (QED) is 0.658. The van der Waals surface area contributed by atoms with Crippen LogP contribution in [0.5, 0.6) is 0 Å². The highest BCUT2D eigenvalue weighted by atomic mass is 16.5. The Kier molecular flexibility index (Phi) is 5.74. The molecule has 2 rings (SSSR count). The van der Waals surface area contributed by atoms with Gasteiger partial charge in [0.15, 0.2) is 6.10 Å². The van der Waals surface area contributed by atoms with E-state index < -0.39 is 12.1 Å². The number of carbonyl (C=O) groups excluding carboxylic acids is 2. The van der Waals surface area contributed by atoms with E-state index in [0.717, 1.165) is 11.1 Å². The Morgan fingerprint density at radius 1 is 1.30 bits per heavy atom. The van der Waals surface area contributed by atoms with Gasteiger partial charge in [-0.2, -0.15) is 0 Å². The van der Waals surface area contributed by atoms with Crippen molar-refractivity contribution in [2.45, 2.75) is 26.5 Å². The average molecular weight is 313 g/mol. The van der Waals surface area contributed by atoms with Gasteiger partial charge in [-0.25, -0.2) is 4.79 Å². The zero-order valence-electron chi connectivity index (χ0n) is 13.1. The van der Waals surface area contributed by atoms with Crippen molar-refractivity contribution in [2.75, 3.05) is 0 Å². The Balaban J connectivity index is 1.80. The summed E-state index contributed by atoms with van der Waals surface area (Å²) < 4.78 is 10.2. The Morgan fingerprint density at radius 2 is 2.13 bits per heavy atom. The summed E-state index contributed by atoms with van der Waals surface area (Å²) in [6, 6.07) is 11.2. The number of ether oxygens (including phenoxy) is 1. The molecule has 0 bridgehead atoms. The van der Waals surface area contributed by atoms with Crippen molar-refractivity contribution < 1.29 is 18.7 Å². The van der Waals surface area contributed by atoms with E-state index in [2.05, 4.69) is 5.32 Å². The fourth-order valence-electron chi connectivity index (χ4n) is 1.94. The minimum Gasteiger partial charge on any atom is -0.467 e. The second-order valence-corrected chi connectivity index (χ2v) is 5.12. The lowest BCUT2D eigenvalue weighted by molar-refractivity contribution is -0.150. The third-order valence-corrected chi connectivity index (χ3v) is 3.13. The van der Waals surface area contributed by atoms with Crippen LogP contribution in [0.3, 0.4) is 0 Å². The third kappa shape index (κ3) is 5.47. The van der Waals surface area contributed by atoms with E-state index >= 15 is 0 Å². The molecule has 1 aromatic heterocycles. The summed E-state index contributed by atoms with van der Waals surface area (Å²) >= 11 is 0. The van der Waals surface area contributed by atoms with E-state index in [1.165, 1.54) is 19.3 Å². The number of nitrogens with one attached hydrogen (secondary N) is 1. The molecule has 1 aromatic carbocycles. The van der Waals surface area contributed by atoms with Crippen LogP contribution < -0.4 is 5.32 Å². The van der Waals surface area contributed by atoms with Crippen LogP contribution in [0.15, 0.2) is 53.2 Å². The molecule has 23 heavy (non-hydrogen) atoms. The van der Waals surface area contributed by atoms with Gasteiger partial charge in [-0.05, 0) is 37.6 Å². The molecule has 2 aromatic rings. The van der Waals surface area contributed by atoms with Gasteiger partial charge >= 0.3 is 5.97 Å². The number of hydrogen-bond donors (Lipinski definition) is 1. The monoisotopic (exact) mass is 313 g/mol. The molecule has 0 unspecified atom stereocenters. The molecule has 1 heterocycles. The average Bonchev–Trinajstić information content (AvgIpc) is 3.04. The fourth-order valence-corrected chi connectivity index (χ4v) is 1.94. The molecule has 0 aliphatic heterocycles. The molecule has 0 spiro atoms. The number of esters is 1. The maximum Gasteiger partial charge on any atom is 0.331 e. The highest BCUT2D eigenvalue weighted by molar-refractivity contribution is 5.90. The van der Waals surface area contributed by atoms with Gasteiger partial charge in [-0.3, -0.25) is 4.79 Å². The van der Waals surface area contributed by atoms with Crippen molar-refractivity contribution in [1.29, 1.82) is 0 Å². The van der Waals surface area contributed by atoms with Crippen LogP contribution in [0.1, 0.15) is 23.8 Å². The second-order valence-electron chi connectivity index (χ2n) is 5.12. The molecule has 1 atom stereocenters. The van der Waals surface area contributed by atoms with Crippen molar-refractivity contribution in [1.82, 2.24) is 5.32 Å². The summed E-state index contributed by atoms with van der Waals surface area (Å²) in [5, 5.41) is 2.64. The first-order valence-corrected chi connectivity index (χ1v) is 7.30. The molecule has 5 heteroatoms. The number of hydrogen-bond acceptors (Lipinski definition) is 4. The Hall–Kier alpha value is -2.82. The molecule has 0 fully saturated rings. The number of rotatable bonds is 6. The van der Waals surface area contributed by atoms with Crippen LogP contribution in [0, 0.1) is 6.92 Å². The number of furan rings is 1. The zero-order chi connectivity index (χ0) is 16.7. The first-order valence-electron chi connectivity index (χ1n) is 7.30. The number of aryl methyl sites for hydroxylation is 1. The zero-order valence-corrected chi connectivity index (χ0v) is 13.1. The molecule has 0 radical (unpaired) electrons. The molecule has 5 nitrogen and oxygen atoms in total. The van der Waals surface area contributed by atoms with E-state index in [9.17, 15) is 9.59 Å². The maximum atomic E-state index is 11.8. The van der Waals surface area contributed by atoms with E-state index in [1.54, 1.807) is 18.2 Å². The summed E-state index contributed by atoms with van der Waals surface area (Å²) in [7, 11) is 0. The van der Waals surface area contributed by atoms with Crippen LogP contribution >= 0.6 is 0 Å². The molecule has 1 N–H and O–H groups in total. The van der Waals surface area contributed by atoms with Gasteiger partial charge in [0.2, 0.25) is 0 Å². The van der Waals surface area contributed by atoms with Gasteiger partial charge in [-0.1, -0.05) is 29.8 Å². The molecular weight excluding hydrogens is 294 g/mol. The molecule has 1 amide bonds. The minimum atomic E-state index is -0.875. The Bertz CT molecular complexity index is 689. The molecule has 0 saturated carbocycles. The van der Waals surface area contributed by atoms with Crippen molar-refractivity contribution >= 4 is 18.0 Å². The number of benzene rings is 1. The maximum absolute atomic E-state index is 11.8. The van der Waals surface area contributed by atoms with Crippen LogP contribution in [-0.2, 0) is 20.9 Å². The molecular formula is C18H19NO4. The van der Waals surface area contributed by atoms with Gasteiger partial charge in [0.25, 0.3) is 5.91 Å². The van der Waals surface area contributed by atoms with Gasteiger partial charge in [0, 0.05) is 6.08 Å². The highest BCUT2D eigenvalue weighted by Gasteiger charge is 2.16. The van der Waals surface area contributed by atoms with Crippen molar-refractivity contribution in [3.05, 3.63) is 65.6 Å². The van der Waals surface area contributed by atoms with Gasteiger partial charge in [-0.15, -0.1) is 0 Å². The van der Waals surface area contributed by atoms with E-state index in [0.29, 0.717) is 5.76 Å². The van der Waals surface area contributed by atoms with Crippen molar-refractivity contribution in [2.24, 2.45) is 0 Å². The lowest BCUT2D eigenvalue weighted by atomic mass is 10.1. The lowest BCUT2D eigenvalue weighted by Gasteiger charge is -2.11. The standard InChI is InChI=1S/C18H19NO4/c1-13-5-3-6-15(11-13)8-9-17(20)23-14(2)18(21)19-12-16-7-4-10-22-16/h3-11,14H,12H2,1-2H3,(H,19,21)/b9-8+/t14-/m1/s1. The number of amides is 1. The van der Waals surface area contributed by atoms with Gasteiger partial charge < -0.3 is 14.5 Å². The Labute approximate surface area is 134 Å². The van der Waals surface area contributed by atoms with Gasteiger partial charge in [0.1, 0.15) is 5.76 Å². The van der Waals surface area contributed by atoms with Crippen LogP contribution in [-0.4, -0.2) is 18.0 Å². The molecule has 0 aliphatic rings. The summed E-state index contributed by atoms with van der Waals surface area (Å²) in [5.41, 5.74) is 2.00. The summed E-state index contributed by atoms with van der Waals surface area (Å²) in [5.74, 6) is -0.304. The Morgan fingerprint density at radius 3 is 2.83 bits per heavy atom. The molecule has 0 saturated heterocycles. The second kappa shape index (κ2) is 7.98. The predicted octanol–water partition coefficient (Wildman–Crippen LogP) is 2.85. The minimum absolute atomic E-state index is 0.257. The van der Waals surface area contributed by atoms with Crippen LogP contribution in [0.2, 0.25) is 0 Å². The third-order valence-electron chi connectivity index (χ3n) is 3.13. The predicted molar refractivity (Wildman–Crippen MR) is 86.3 cm³/mol. The lowest BCUT2D eigenvalue weighted by Crippen LogP contribution is -2.35. The van der Waals surface area contributed by atoms with E-state index in [-0.39, 0.29) is 12.5 Å². The SMILES string of the molecule is Cc1cccc(/C=C/C(=O)O[C@H](C)C(=O)NCc2ccco2)c1. The smallest absolute Gasteiger partial charge is 0.331 e. The first-order chi connectivity index (χ1) is 11.0. The van der Waals surface area contributed by atoms with Crippen LogP contribution in [0.4, 0.5) is 0 Å². The summed E-state index contributed by atoms with van der Waals surface area (Å²) in [6.45, 7) is 3.75. The van der Waals surface area contributed by atoms with E-state index in [1.807, 2.05) is 31.2 Å². The number of carbonyl (C=O) groups is 2. The summed E-state index contributed by atoms with van der Waals surface area (Å²) in [6.07, 6.45) is 3.62. The fraction of sp³-hybridized carbons (Fsp3) is 0.222. The molecule has 0 aliphatic carbocycles. The van der Waals surface area contributed by atoms with E-state index in [4.69, 9.17) is 9.15 Å². The largest absolute Gasteiger partial charge is 0.467 e. The first kappa shape index (κ1) is 16.5. The van der Waals surface area contributed by atoms with Crippen LogP contribution in [0.25, 0.3) is 6.08 Å². The molecule has 120 valence electrons. The normalized spacial score (nSPS) is 12.1. The topological polar surface area (TPSA) is 68.5 Å². The van der Waals surface area contributed by atoms with Gasteiger partial charge in [0.05, 0.1) is 12.8 Å². The highest BCUT2D eigenvalue weighted by Crippen LogP contribution is 2.06.